The van der Waals surface area contributed by atoms with Gasteiger partial charge in [-0.2, -0.15) is 0 Å². The van der Waals surface area contributed by atoms with E-state index in [0.29, 0.717) is 5.92 Å². The monoisotopic (exact) mass is 246 g/mol. The van der Waals surface area contributed by atoms with Gasteiger partial charge in [0, 0.05) is 11.9 Å². The first-order chi connectivity index (χ1) is 8.25. The molecule has 0 amide bonds. The van der Waals surface area contributed by atoms with E-state index in [4.69, 9.17) is 0 Å². The summed E-state index contributed by atoms with van der Waals surface area (Å²) in [6.45, 7) is 5.28. The second-order valence-electron chi connectivity index (χ2n) is 4.39. The molecule has 0 aliphatic heterocycles. The topological polar surface area (TPSA) is 24.9 Å². The van der Waals surface area contributed by atoms with E-state index in [1.54, 1.807) is 11.3 Å². The van der Waals surface area contributed by atoms with E-state index >= 15 is 0 Å². The number of aromatic nitrogens is 1. The Labute approximate surface area is 107 Å². The first-order valence-corrected chi connectivity index (χ1v) is 6.87. The van der Waals surface area contributed by atoms with Crippen molar-refractivity contribution >= 4 is 16.5 Å². The molecule has 0 radical (unpaired) electrons. The molecule has 0 aliphatic rings. The predicted molar refractivity (Wildman–Crippen MR) is 74.8 cm³/mol. The van der Waals surface area contributed by atoms with Crippen molar-refractivity contribution in [1.82, 2.24) is 4.98 Å². The van der Waals surface area contributed by atoms with E-state index < -0.39 is 0 Å². The Morgan fingerprint density at radius 2 is 2.00 bits per heavy atom. The van der Waals surface area contributed by atoms with Gasteiger partial charge in [-0.3, -0.25) is 0 Å². The SMILES string of the molecule is CC(C)c1csc(NCCc2ccccc2)n1. The highest BCUT2D eigenvalue weighted by Gasteiger charge is 2.04. The number of nitrogens with zero attached hydrogens (tertiary/aromatic N) is 1. The molecule has 1 aromatic heterocycles. The normalized spacial score (nSPS) is 10.8. The van der Waals surface area contributed by atoms with E-state index in [-0.39, 0.29) is 0 Å². The molecule has 0 bridgehead atoms. The van der Waals surface area contributed by atoms with E-state index in [9.17, 15) is 0 Å². The zero-order valence-corrected chi connectivity index (χ0v) is 11.1. The number of anilines is 1. The summed E-state index contributed by atoms with van der Waals surface area (Å²) >= 11 is 1.69. The molecule has 0 unspecified atom stereocenters. The number of hydrogen-bond acceptors (Lipinski definition) is 3. The first kappa shape index (κ1) is 12.1. The number of rotatable bonds is 5. The van der Waals surface area contributed by atoms with Crippen LogP contribution in [0, 0.1) is 0 Å². The summed E-state index contributed by atoms with van der Waals surface area (Å²) in [6.07, 6.45) is 1.04. The van der Waals surface area contributed by atoms with Crippen molar-refractivity contribution in [2.75, 3.05) is 11.9 Å². The largest absolute Gasteiger partial charge is 0.361 e. The highest BCUT2D eigenvalue weighted by molar-refractivity contribution is 7.13. The fourth-order valence-corrected chi connectivity index (χ4v) is 2.49. The molecule has 3 heteroatoms. The maximum atomic E-state index is 4.55. The van der Waals surface area contributed by atoms with Crippen LogP contribution >= 0.6 is 11.3 Å². The van der Waals surface area contributed by atoms with Crippen LogP contribution in [0.5, 0.6) is 0 Å². The molecule has 2 rings (SSSR count). The predicted octanol–water partition coefficient (Wildman–Crippen LogP) is 3.92. The molecule has 0 spiro atoms. The van der Waals surface area contributed by atoms with Crippen molar-refractivity contribution in [1.29, 1.82) is 0 Å². The van der Waals surface area contributed by atoms with E-state index in [1.165, 1.54) is 11.3 Å². The highest BCUT2D eigenvalue weighted by atomic mass is 32.1. The van der Waals surface area contributed by atoms with Gasteiger partial charge in [-0.1, -0.05) is 44.2 Å². The smallest absolute Gasteiger partial charge is 0.182 e. The minimum Gasteiger partial charge on any atom is -0.361 e. The van der Waals surface area contributed by atoms with Gasteiger partial charge in [-0.25, -0.2) is 4.98 Å². The Hall–Kier alpha value is -1.35. The molecule has 2 aromatic rings. The van der Waals surface area contributed by atoms with Crippen molar-refractivity contribution in [2.45, 2.75) is 26.2 Å². The summed E-state index contributed by atoms with van der Waals surface area (Å²) < 4.78 is 0. The summed E-state index contributed by atoms with van der Waals surface area (Å²) in [5.41, 5.74) is 2.54. The van der Waals surface area contributed by atoms with Gasteiger partial charge in [0.25, 0.3) is 0 Å². The molecule has 1 aromatic carbocycles. The van der Waals surface area contributed by atoms with Crippen LogP contribution in [0.15, 0.2) is 35.7 Å². The Bertz CT molecular complexity index is 448. The molecule has 17 heavy (non-hydrogen) atoms. The third-order valence-corrected chi connectivity index (χ3v) is 3.46. The van der Waals surface area contributed by atoms with Crippen LogP contribution in [-0.4, -0.2) is 11.5 Å². The van der Waals surface area contributed by atoms with Crippen LogP contribution in [0.4, 0.5) is 5.13 Å². The van der Waals surface area contributed by atoms with Crippen LogP contribution in [0.25, 0.3) is 0 Å². The molecule has 0 aliphatic carbocycles. The molecule has 0 fully saturated rings. The lowest BCUT2D eigenvalue weighted by Crippen LogP contribution is -2.04. The molecule has 0 atom stereocenters. The van der Waals surface area contributed by atoms with Gasteiger partial charge < -0.3 is 5.32 Å². The summed E-state index contributed by atoms with van der Waals surface area (Å²) in [4.78, 5) is 4.55. The quantitative estimate of drug-likeness (QED) is 0.865. The summed E-state index contributed by atoms with van der Waals surface area (Å²) in [6, 6.07) is 10.5. The van der Waals surface area contributed by atoms with Crippen LogP contribution in [0.1, 0.15) is 31.0 Å². The third kappa shape index (κ3) is 3.56. The van der Waals surface area contributed by atoms with Crippen molar-refractivity contribution in [3.8, 4) is 0 Å². The van der Waals surface area contributed by atoms with Gasteiger partial charge in [0.05, 0.1) is 5.69 Å². The Balaban J connectivity index is 1.82. The van der Waals surface area contributed by atoms with Crippen LogP contribution < -0.4 is 5.32 Å². The summed E-state index contributed by atoms with van der Waals surface area (Å²) in [7, 11) is 0. The Morgan fingerprint density at radius 3 is 2.65 bits per heavy atom. The molecule has 2 nitrogen and oxygen atoms in total. The molecule has 1 N–H and O–H groups in total. The second-order valence-corrected chi connectivity index (χ2v) is 5.25. The van der Waals surface area contributed by atoms with Crippen molar-refractivity contribution in [3.05, 3.63) is 47.0 Å². The van der Waals surface area contributed by atoms with Gasteiger partial charge in [0.2, 0.25) is 0 Å². The maximum Gasteiger partial charge on any atom is 0.182 e. The Kier molecular flexibility index (Phi) is 4.15. The first-order valence-electron chi connectivity index (χ1n) is 5.99. The zero-order chi connectivity index (χ0) is 12.1. The van der Waals surface area contributed by atoms with Crippen LogP contribution in [-0.2, 0) is 6.42 Å². The van der Waals surface area contributed by atoms with Gasteiger partial charge >= 0.3 is 0 Å². The lowest BCUT2D eigenvalue weighted by atomic mass is 10.1. The van der Waals surface area contributed by atoms with Crippen molar-refractivity contribution < 1.29 is 0 Å². The molecule has 0 saturated heterocycles. The average molecular weight is 246 g/mol. The van der Waals surface area contributed by atoms with Gasteiger partial charge in [-0.05, 0) is 17.9 Å². The van der Waals surface area contributed by atoms with Crippen LogP contribution in [0.2, 0.25) is 0 Å². The molecule has 0 saturated carbocycles. The average Bonchev–Trinajstić information content (AvgIpc) is 2.79. The zero-order valence-electron chi connectivity index (χ0n) is 10.3. The van der Waals surface area contributed by atoms with Gasteiger partial charge in [-0.15, -0.1) is 11.3 Å². The van der Waals surface area contributed by atoms with Gasteiger partial charge in [0.1, 0.15) is 0 Å². The summed E-state index contributed by atoms with van der Waals surface area (Å²) in [5, 5.41) is 6.54. The lowest BCUT2D eigenvalue weighted by molar-refractivity contribution is 0.832. The minimum atomic E-state index is 0.510. The fraction of sp³-hybridized carbons (Fsp3) is 0.357. The Morgan fingerprint density at radius 1 is 1.24 bits per heavy atom. The van der Waals surface area contributed by atoms with Gasteiger partial charge in [0.15, 0.2) is 5.13 Å². The lowest BCUT2D eigenvalue weighted by Gasteiger charge is -2.03. The molecular formula is C14H18N2S. The number of hydrogen-bond donors (Lipinski definition) is 1. The standard InChI is InChI=1S/C14H18N2S/c1-11(2)13-10-17-14(16-13)15-9-8-12-6-4-3-5-7-12/h3-7,10-11H,8-9H2,1-2H3,(H,15,16). The van der Waals surface area contributed by atoms with Crippen molar-refractivity contribution in [3.63, 3.8) is 0 Å². The molecular weight excluding hydrogens is 228 g/mol. The minimum absolute atomic E-state index is 0.510. The number of benzene rings is 1. The number of thiazole rings is 1. The molecule has 1 heterocycles. The van der Waals surface area contributed by atoms with E-state index in [1.807, 2.05) is 6.07 Å². The van der Waals surface area contributed by atoms with Crippen molar-refractivity contribution in [2.24, 2.45) is 0 Å². The number of nitrogens with one attached hydrogen (secondary N) is 1. The van der Waals surface area contributed by atoms with Crippen LogP contribution in [0.3, 0.4) is 0 Å². The second kappa shape index (κ2) is 5.82. The maximum absolute atomic E-state index is 4.55. The highest BCUT2D eigenvalue weighted by Crippen LogP contribution is 2.21. The van der Waals surface area contributed by atoms with E-state index in [0.717, 1.165) is 18.1 Å². The third-order valence-electron chi connectivity index (χ3n) is 2.65. The fourth-order valence-electron chi connectivity index (χ4n) is 1.59. The summed E-state index contributed by atoms with van der Waals surface area (Å²) in [5.74, 6) is 0.510. The van der Waals surface area contributed by atoms with E-state index in [2.05, 4.69) is 53.8 Å². The molecule has 90 valence electrons.